The van der Waals surface area contributed by atoms with E-state index in [0.717, 1.165) is 25.9 Å². The Morgan fingerprint density at radius 2 is 2.05 bits per heavy atom. The van der Waals surface area contributed by atoms with Gasteiger partial charge in [-0.15, -0.1) is 12.4 Å². The second-order valence-corrected chi connectivity index (χ2v) is 5.19. The lowest BCUT2D eigenvalue weighted by Gasteiger charge is -2.22. The largest absolute Gasteiger partial charge is 0.484 e. The molecule has 1 unspecified atom stereocenters. The minimum atomic E-state index is -0.486. The number of halogens is 1. The number of amides is 2. The molecule has 0 aliphatic carbocycles. The summed E-state index contributed by atoms with van der Waals surface area (Å²) in [6.07, 6.45) is 2.30. The molecule has 1 aromatic rings. The van der Waals surface area contributed by atoms with Crippen molar-refractivity contribution in [3.05, 3.63) is 29.8 Å². The Morgan fingerprint density at radius 1 is 1.32 bits per heavy atom. The van der Waals surface area contributed by atoms with Gasteiger partial charge in [-0.3, -0.25) is 9.59 Å². The van der Waals surface area contributed by atoms with Gasteiger partial charge >= 0.3 is 0 Å². The van der Waals surface area contributed by atoms with E-state index in [0.29, 0.717) is 23.8 Å². The van der Waals surface area contributed by atoms with E-state index in [9.17, 15) is 9.59 Å². The smallest absolute Gasteiger partial charge is 0.257 e. The Hall–Kier alpha value is -1.79. The summed E-state index contributed by atoms with van der Waals surface area (Å²) in [5, 5.41) is 6.18. The van der Waals surface area contributed by atoms with E-state index in [-0.39, 0.29) is 24.9 Å². The summed E-state index contributed by atoms with van der Waals surface area (Å²) in [6, 6.07) is 6.39. The number of benzene rings is 1. The molecule has 4 N–H and O–H groups in total. The average Bonchev–Trinajstić information content (AvgIpc) is 2.52. The Bertz CT molecular complexity index is 487. The van der Waals surface area contributed by atoms with E-state index in [1.165, 1.54) is 0 Å². The molecule has 1 saturated heterocycles. The van der Waals surface area contributed by atoms with Gasteiger partial charge in [-0.1, -0.05) is 0 Å². The molecule has 1 aromatic carbocycles. The van der Waals surface area contributed by atoms with Gasteiger partial charge in [0.15, 0.2) is 6.61 Å². The summed E-state index contributed by atoms with van der Waals surface area (Å²) in [4.78, 5) is 22.6. The number of rotatable bonds is 6. The third kappa shape index (κ3) is 5.91. The van der Waals surface area contributed by atoms with E-state index >= 15 is 0 Å². The van der Waals surface area contributed by atoms with Crippen molar-refractivity contribution in [1.82, 2.24) is 10.6 Å². The maximum atomic E-state index is 11.7. The SMILES string of the molecule is Cl.NC(=O)c1ccc(OCC(=O)NCC2CCCNC2)cc1. The number of piperidine rings is 1. The van der Waals surface area contributed by atoms with Crippen LogP contribution in [0, 0.1) is 5.92 Å². The van der Waals surface area contributed by atoms with Gasteiger partial charge < -0.3 is 21.1 Å². The molecule has 1 heterocycles. The van der Waals surface area contributed by atoms with Gasteiger partial charge in [-0.05, 0) is 56.1 Å². The van der Waals surface area contributed by atoms with Crippen molar-refractivity contribution in [2.75, 3.05) is 26.2 Å². The molecule has 22 heavy (non-hydrogen) atoms. The van der Waals surface area contributed by atoms with Gasteiger partial charge in [-0.2, -0.15) is 0 Å². The second-order valence-electron chi connectivity index (χ2n) is 5.19. The van der Waals surface area contributed by atoms with Crippen LogP contribution in [0.3, 0.4) is 0 Å². The summed E-state index contributed by atoms with van der Waals surface area (Å²) in [5.41, 5.74) is 5.56. The third-order valence-electron chi connectivity index (χ3n) is 3.50. The number of nitrogens with one attached hydrogen (secondary N) is 2. The zero-order chi connectivity index (χ0) is 15.1. The summed E-state index contributed by atoms with van der Waals surface area (Å²) in [6.45, 7) is 2.66. The first-order valence-corrected chi connectivity index (χ1v) is 7.15. The number of primary amides is 1. The Kier molecular flexibility index (Phi) is 7.70. The van der Waals surface area contributed by atoms with Crippen molar-refractivity contribution in [1.29, 1.82) is 0 Å². The molecule has 2 rings (SSSR count). The molecule has 6 nitrogen and oxygen atoms in total. The number of carbonyl (C=O) groups excluding carboxylic acids is 2. The maximum absolute atomic E-state index is 11.7. The molecule has 0 bridgehead atoms. The normalized spacial score (nSPS) is 17.2. The first-order chi connectivity index (χ1) is 10.1. The minimum absolute atomic E-state index is 0. The standard InChI is InChI=1S/C15H21N3O3.ClH/c16-15(20)12-3-5-13(6-4-12)21-10-14(19)18-9-11-2-1-7-17-8-11;/h3-6,11,17H,1-2,7-10H2,(H2,16,20)(H,18,19);1H. The van der Waals surface area contributed by atoms with Crippen molar-refractivity contribution in [2.45, 2.75) is 12.8 Å². The lowest BCUT2D eigenvalue weighted by Crippen LogP contribution is -2.39. The van der Waals surface area contributed by atoms with Crippen LogP contribution in [0.2, 0.25) is 0 Å². The summed E-state index contributed by atoms with van der Waals surface area (Å²) >= 11 is 0. The number of ether oxygens (including phenoxy) is 1. The van der Waals surface area contributed by atoms with Crippen LogP contribution in [-0.4, -0.2) is 38.1 Å². The third-order valence-corrected chi connectivity index (χ3v) is 3.50. The number of hydrogen-bond acceptors (Lipinski definition) is 4. The molecule has 1 aliphatic heterocycles. The Balaban J connectivity index is 0.00000242. The van der Waals surface area contributed by atoms with Crippen LogP contribution in [0.1, 0.15) is 23.2 Å². The minimum Gasteiger partial charge on any atom is -0.484 e. The zero-order valence-electron chi connectivity index (χ0n) is 12.3. The lowest BCUT2D eigenvalue weighted by atomic mass is 10.00. The molecule has 2 amide bonds. The first kappa shape index (κ1) is 18.3. The van der Waals surface area contributed by atoms with E-state index in [2.05, 4.69) is 10.6 Å². The number of carbonyl (C=O) groups is 2. The van der Waals surface area contributed by atoms with Crippen LogP contribution in [-0.2, 0) is 4.79 Å². The van der Waals surface area contributed by atoms with Crippen LogP contribution >= 0.6 is 12.4 Å². The van der Waals surface area contributed by atoms with Gasteiger partial charge in [0.25, 0.3) is 5.91 Å². The van der Waals surface area contributed by atoms with E-state index in [1.54, 1.807) is 24.3 Å². The predicted octanol–water partition coefficient (Wildman–Crippen LogP) is 0.702. The summed E-state index contributed by atoms with van der Waals surface area (Å²) in [5.74, 6) is 0.409. The highest BCUT2D eigenvalue weighted by Gasteiger charge is 2.13. The fraction of sp³-hybridized carbons (Fsp3) is 0.467. The van der Waals surface area contributed by atoms with E-state index in [1.807, 2.05) is 0 Å². The molecular formula is C15H22ClN3O3. The Morgan fingerprint density at radius 3 is 2.64 bits per heavy atom. The molecule has 0 aromatic heterocycles. The van der Waals surface area contributed by atoms with Crippen molar-refractivity contribution >= 4 is 24.2 Å². The van der Waals surface area contributed by atoms with Crippen LogP contribution in [0.4, 0.5) is 0 Å². The van der Waals surface area contributed by atoms with Crippen LogP contribution < -0.4 is 21.1 Å². The Labute approximate surface area is 136 Å². The molecule has 0 saturated carbocycles. The van der Waals surface area contributed by atoms with Crippen molar-refractivity contribution < 1.29 is 14.3 Å². The fourth-order valence-electron chi connectivity index (χ4n) is 2.27. The first-order valence-electron chi connectivity index (χ1n) is 7.15. The quantitative estimate of drug-likeness (QED) is 0.717. The fourth-order valence-corrected chi connectivity index (χ4v) is 2.27. The number of nitrogens with two attached hydrogens (primary N) is 1. The highest BCUT2D eigenvalue weighted by atomic mass is 35.5. The molecule has 1 atom stereocenters. The van der Waals surface area contributed by atoms with Crippen LogP contribution in [0.15, 0.2) is 24.3 Å². The highest BCUT2D eigenvalue weighted by molar-refractivity contribution is 5.92. The molecule has 1 fully saturated rings. The molecule has 122 valence electrons. The van der Waals surface area contributed by atoms with Crippen LogP contribution in [0.25, 0.3) is 0 Å². The maximum Gasteiger partial charge on any atom is 0.257 e. The molecule has 0 radical (unpaired) electrons. The van der Waals surface area contributed by atoms with Crippen molar-refractivity contribution in [3.8, 4) is 5.75 Å². The van der Waals surface area contributed by atoms with Gasteiger partial charge in [0, 0.05) is 12.1 Å². The second kappa shape index (κ2) is 9.27. The van der Waals surface area contributed by atoms with E-state index < -0.39 is 5.91 Å². The number of hydrogen-bond donors (Lipinski definition) is 3. The molecule has 0 spiro atoms. The average molecular weight is 328 g/mol. The zero-order valence-corrected chi connectivity index (χ0v) is 13.2. The monoisotopic (exact) mass is 327 g/mol. The predicted molar refractivity (Wildman–Crippen MR) is 86.3 cm³/mol. The molecule has 7 heteroatoms. The topological polar surface area (TPSA) is 93.5 Å². The molecular weight excluding hydrogens is 306 g/mol. The summed E-state index contributed by atoms with van der Waals surface area (Å²) < 4.78 is 5.36. The van der Waals surface area contributed by atoms with Gasteiger partial charge in [0.05, 0.1) is 0 Å². The van der Waals surface area contributed by atoms with Gasteiger partial charge in [-0.25, -0.2) is 0 Å². The van der Waals surface area contributed by atoms with Crippen LogP contribution in [0.5, 0.6) is 5.75 Å². The lowest BCUT2D eigenvalue weighted by molar-refractivity contribution is -0.123. The molecule has 1 aliphatic rings. The van der Waals surface area contributed by atoms with E-state index in [4.69, 9.17) is 10.5 Å². The highest BCUT2D eigenvalue weighted by Crippen LogP contribution is 2.12. The van der Waals surface area contributed by atoms with Gasteiger partial charge in [0.1, 0.15) is 5.75 Å². The van der Waals surface area contributed by atoms with Gasteiger partial charge in [0.2, 0.25) is 5.91 Å². The summed E-state index contributed by atoms with van der Waals surface area (Å²) in [7, 11) is 0. The van der Waals surface area contributed by atoms with Crippen molar-refractivity contribution in [2.24, 2.45) is 11.7 Å². The van der Waals surface area contributed by atoms with Crippen molar-refractivity contribution in [3.63, 3.8) is 0 Å².